The van der Waals surface area contributed by atoms with Crippen LogP contribution in [0.25, 0.3) is 0 Å². The SMILES string of the molecule is CC[C@H](N)c1nc(CCC(F)(F)F)no1. The Bertz CT molecular complexity index is 310. The Balaban J connectivity index is 2.53. The number of hydrogen-bond acceptors (Lipinski definition) is 4. The summed E-state index contributed by atoms with van der Waals surface area (Å²) in [7, 11) is 0. The molecule has 0 fully saturated rings. The molecule has 0 saturated heterocycles. The van der Waals surface area contributed by atoms with Gasteiger partial charge in [-0.3, -0.25) is 0 Å². The van der Waals surface area contributed by atoms with Gasteiger partial charge in [-0.1, -0.05) is 12.1 Å². The van der Waals surface area contributed by atoms with Crippen molar-refractivity contribution in [2.75, 3.05) is 0 Å². The molecule has 0 unspecified atom stereocenters. The van der Waals surface area contributed by atoms with Gasteiger partial charge >= 0.3 is 6.18 Å². The molecule has 1 heterocycles. The Kier molecular flexibility index (Phi) is 3.67. The first-order valence-corrected chi connectivity index (χ1v) is 4.57. The number of alkyl halides is 3. The molecule has 0 radical (unpaired) electrons. The Morgan fingerprint density at radius 1 is 1.47 bits per heavy atom. The van der Waals surface area contributed by atoms with Gasteiger partial charge in [-0.25, -0.2) is 0 Å². The number of halogens is 3. The van der Waals surface area contributed by atoms with E-state index in [1.165, 1.54) is 0 Å². The van der Waals surface area contributed by atoms with Crippen LogP contribution in [-0.2, 0) is 6.42 Å². The van der Waals surface area contributed by atoms with E-state index in [9.17, 15) is 13.2 Å². The molecule has 15 heavy (non-hydrogen) atoms. The summed E-state index contributed by atoms with van der Waals surface area (Å²) in [5, 5.41) is 3.42. The zero-order valence-corrected chi connectivity index (χ0v) is 8.21. The average Bonchev–Trinajstić information content (AvgIpc) is 2.61. The van der Waals surface area contributed by atoms with E-state index in [1.807, 2.05) is 6.92 Å². The minimum Gasteiger partial charge on any atom is -0.338 e. The van der Waals surface area contributed by atoms with Gasteiger partial charge in [-0.15, -0.1) is 0 Å². The predicted molar refractivity (Wildman–Crippen MR) is 45.9 cm³/mol. The van der Waals surface area contributed by atoms with Crippen molar-refractivity contribution in [1.29, 1.82) is 0 Å². The van der Waals surface area contributed by atoms with Gasteiger partial charge in [0.2, 0.25) is 5.89 Å². The first-order chi connectivity index (χ1) is 6.92. The molecule has 0 amide bonds. The molecule has 0 aliphatic rings. The minimum absolute atomic E-state index is 0.0474. The van der Waals surface area contributed by atoms with Crippen molar-refractivity contribution in [2.45, 2.75) is 38.4 Å². The highest BCUT2D eigenvalue weighted by Gasteiger charge is 2.27. The van der Waals surface area contributed by atoms with Gasteiger partial charge in [0, 0.05) is 6.42 Å². The molecular weight excluding hydrogens is 211 g/mol. The van der Waals surface area contributed by atoms with Gasteiger partial charge in [0.25, 0.3) is 0 Å². The van der Waals surface area contributed by atoms with Gasteiger partial charge < -0.3 is 10.3 Å². The predicted octanol–water partition coefficient (Wildman–Crippen LogP) is 1.97. The highest BCUT2D eigenvalue weighted by molar-refractivity contribution is 4.91. The smallest absolute Gasteiger partial charge is 0.338 e. The highest BCUT2D eigenvalue weighted by atomic mass is 19.4. The summed E-state index contributed by atoms with van der Waals surface area (Å²) in [4.78, 5) is 3.78. The summed E-state index contributed by atoms with van der Waals surface area (Å²) in [6, 6.07) is -0.405. The molecule has 0 bridgehead atoms. The van der Waals surface area contributed by atoms with Crippen LogP contribution >= 0.6 is 0 Å². The Hall–Kier alpha value is -1.11. The number of hydrogen-bond donors (Lipinski definition) is 1. The van der Waals surface area contributed by atoms with E-state index < -0.39 is 18.6 Å². The number of aromatic nitrogens is 2. The fourth-order valence-corrected chi connectivity index (χ4v) is 0.948. The Morgan fingerprint density at radius 2 is 2.13 bits per heavy atom. The number of nitrogens with two attached hydrogens (primary N) is 1. The third-order valence-corrected chi connectivity index (χ3v) is 1.87. The lowest BCUT2D eigenvalue weighted by Gasteiger charge is -2.02. The molecule has 1 rings (SSSR count). The highest BCUT2D eigenvalue weighted by Crippen LogP contribution is 2.21. The summed E-state index contributed by atoms with van der Waals surface area (Å²) in [6.45, 7) is 1.82. The van der Waals surface area contributed by atoms with E-state index in [2.05, 4.69) is 10.1 Å². The van der Waals surface area contributed by atoms with Crippen LogP contribution in [0.15, 0.2) is 4.52 Å². The molecule has 0 aliphatic carbocycles. The fraction of sp³-hybridized carbons (Fsp3) is 0.750. The monoisotopic (exact) mass is 223 g/mol. The van der Waals surface area contributed by atoms with Gasteiger partial charge in [0.1, 0.15) is 0 Å². The van der Waals surface area contributed by atoms with Crippen LogP contribution in [0.1, 0.15) is 37.5 Å². The molecule has 2 N–H and O–H groups in total. The summed E-state index contributed by atoms with van der Waals surface area (Å²) in [6.07, 6.45) is -4.83. The first-order valence-electron chi connectivity index (χ1n) is 4.57. The second-order valence-corrected chi connectivity index (χ2v) is 3.18. The molecule has 1 atom stereocenters. The summed E-state index contributed by atoms with van der Waals surface area (Å²) >= 11 is 0. The van der Waals surface area contributed by atoms with E-state index in [0.29, 0.717) is 6.42 Å². The lowest BCUT2D eigenvalue weighted by atomic mass is 10.2. The average molecular weight is 223 g/mol. The maximum absolute atomic E-state index is 11.9. The van der Waals surface area contributed by atoms with Crippen molar-refractivity contribution >= 4 is 0 Å². The Morgan fingerprint density at radius 3 is 2.67 bits per heavy atom. The number of rotatable bonds is 4. The zero-order chi connectivity index (χ0) is 11.5. The third-order valence-electron chi connectivity index (χ3n) is 1.87. The molecule has 4 nitrogen and oxygen atoms in total. The van der Waals surface area contributed by atoms with E-state index >= 15 is 0 Å². The lowest BCUT2D eigenvalue weighted by Crippen LogP contribution is -2.10. The van der Waals surface area contributed by atoms with Gasteiger partial charge in [-0.05, 0) is 6.42 Å². The second kappa shape index (κ2) is 4.61. The van der Waals surface area contributed by atoms with Crippen molar-refractivity contribution in [3.63, 3.8) is 0 Å². The summed E-state index contributed by atoms with van der Waals surface area (Å²) in [5.74, 6) is 0.237. The van der Waals surface area contributed by atoms with Crippen LogP contribution in [0.3, 0.4) is 0 Å². The summed E-state index contributed by atoms with van der Waals surface area (Å²) < 4.78 is 40.3. The van der Waals surface area contributed by atoms with Crippen LogP contribution in [0.5, 0.6) is 0 Å². The molecule has 0 saturated carbocycles. The molecule has 1 aromatic heterocycles. The number of nitrogens with zero attached hydrogens (tertiary/aromatic N) is 2. The number of aryl methyl sites for hydroxylation is 1. The molecule has 1 aromatic rings. The zero-order valence-electron chi connectivity index (χ0n) is 8.21. The lowest BCUT2D eigenvalue weighted by molar-refractivity contribution is -0.134. The van der Waals surface area contributed by atoms with E-state index in [-0.39, 0.29) is 18.1 Å². The van der Waals surface area contributed by atoms with Crippen molar-refractivity contribution < 1.29 is 17.7 Å². The van der Waals surface area contributed by atoms with E-state index in [1.54, 1.807) is 0 Å². The minimum atomic E-state index is -4.20. The van der Waals surface area contributed by atoms with E-state index in [0.717, 1.165) is 0 Å². The molecule has 0 spiro atoms. The first kappa shape index (κ1) is 12.0. The van der Waals surface area contributed by atoms with Crippen molar-refractivity contribution in [3.8, 4) is 0 Å². The van der Waals surface area contributed by atoms with Gasteiger partial charge in [0.05, 0.1) is 12.5 Å². The largest absolute Gasteiger partial charge is 0.389 e. The van der Waals surface area contributed by atoms with Gasteiger partial charge in [-0.2, -0.15) is 18.2 Å². The molecule has 0 aromatic carbocycles. The topological polar surface area (TPSA) is 64.9 Å². The van der Waals surface area contributed by atoms with Crippen LogP contribution in [-0.4, -0.2) is 16.3 Å². The van der Waals surface area contributed by atoms with E-state index in [4.69, 9.17) is 10.3 Å². The maximum Gasteiger partial charge on any atom is 0.389 e. The van der Waals surface area contributed by atoms with Crippen LogP contribution in [0, 0.1) is 0 Å². The quantitative estimate of drug-likeness (QED) is 0.847. The third kappa shape index (κ3) is 3.86. The van der Waals surface area contributed by atoms with Crippen molar-refractivity contribution in [3.05, 3.63) is 11.7 Å². The molecular formula is C8H12F3N3O. The summed E-state index contributed by atoms with van der Waals surface area (Å²) in [5.41, 5.74) is 5.57. The second-order valence-electron chi connectivity index (χ2n) is 3.18. The van der Waals surface area contributed by atoms with Crippen molar-refractivity contribution in [1.82, 2.24) is 10.1 Å². The fourth-order valence-electron chi connectivity index (χ4n) is 0.948. The Labute approximate surface area is 84.6 Å². The normalized spacial score (nSPS) is 14.2. The molecule has 0 aliphatic heterocycles. The standard InChI is InChI=1S/C8H12F3N3O/c1-2-5(12)7-13-6(14-15-7)3-4-8(9,10)11/h5H,2-4,12H2,1H3/t5-/m0/s1. The van der Waals surface area contributed by atoms with Crippen LogP contribution < -0.4 is 5.73 Å². The molecule has 7 heteroatoms. The maximum atomic E-state index is 11.9. The van der Waals surface area contributed by atoms with Gasteiger partial charge in [0.15, 0.2) is 5.82 Å². The van der Waals surface area contributed by atoms with Crippen LogP contribution in [0.2, 0.25) is 0 Å². The van der Waals surface area contributed by atoms with Crippen molar-refractivity contribution in [2.24, 2.45) is 5.73 Å². The molecule has 86 valence electrons. The van der Waals surface area contributed by atoms with Crippen LogP contribution in [0.4, 0.5) is 13.2 Å².